The van der Waals surface area contributed by atoms with Crippen molar-refractivity contribution in [3.63, 3.8) is 0 Å². The van der Waals surface area contributed by atoms with Gasteiger partial charge in [0.25, 0.3) is 0 Å². The maximum Gasteiger partial charge on any atom is 0.306 e. The molecule has 7 nitrogen and oxygen atoms in total. The van der Waals surface area contributed by atoms with Crippen LogP contribution in [0.2, 0.25) is 0 Å². The smallest absolute Gasteiger partial charge is 0.306 e. The summed E-state index contributed by atoms with van der Waals surface area (Å²) in [5, 5.41) is 0. The summed E-state index contributed by atoms with van der Waals surface area (Å²) in [6, 6.07) is 0. The van der Waals surface area contributed by atoms with Crippen LogP contribution in [0.1, 0.15) is 154 Å². The monoisotopic (exact) mass is 595 g/mol. The van der Waals surface area contributed by atoms with Crippen LogP contribution in [-0.2, 0) is 28.6 Å². The number of methoxy groups -OCH3 is 2. The van der Waals surface area contributed by atoms with E-state index in [4.69, 9.17) is 9.47 Å². The Morgan fingerprint density at radius 1 is 0.524 bits per heavy atom. The van der Waals surface area contributed by atoms with Gasteiger partial charge in [-0.3, -0.25) is 14.4 Å². The third-order valence-corrected chi connectivity index (χ3v) is 7.71. The summed E-state index contributed by atoms with van der Waals surface area (Å²) in [7, 11) is 6.94. The number of unbranched alkanes of at least 4 members (excludes halogenated alkanes) is 15. The molecule has 0 fully saturated rings. The summed E-state index contributed by atoms with van der Waals surface area (Å²) in [6.45, 7) is 0.905. The molecule has 0 saturated carbocycles. The molecular formula is C35H65NO6. The highest BCUT2D eigenvalue weighted by atomic mass is 16.5. The second-order valence-electron chi connectivity index (χ2n) is 12.0. The molecule has 0 heterocycles. The molecule has 0 aromatic heterocycles. The molecule has 246 valence electrons. The number of esters is 3. The highest BCUT2D eigenvalue weighted by molar-refractivity contribution is 5.69. The number of carbonyl (C=O) groups is 3. The van der Waals surface area contributed by atoms with Crippen LogP contribution >= 0.6 is 0 Å². The van der Waals surface area contributed by atoms with Crippen molar-refractivity contribution in [3.05, 3.63) is 12.2 Å². The molecule has 0 rings (SSSR count). The van der Waals surface area contributed by atoms with E-state index in [1.54, 1.807) is 0 Å². The Hall–Kier alpha value is -1.89. The molecule has 1 atom stereocenters. The lowest BCUT2D eigenvalue weighted by Crippen LogP contribution is -2.20. The second-order valence-corrected chi connectivity index (χ2v) is 12.0. The van der Waals surface area contributed by atoms with Gasteiger partial charge in [-0.15, -0.1) is 0 Å². The number of carbonyl (C=O) groups excluding carboxylic acids is 3. The van der Waals surface area contributed by atoms with Gasteiger partial charge in [0.15, 0.2) is 0 Å². The van der Waals surface area contributed by atoms with E-state index in [0.717, 1.165) is 83.6 Å². The van der Waals surface area contributed by atoms with Crippen LogP contribution in [0.5, 0.6) is 0 Å². The third kappa shape index (κ3) is 29.6. The van der Waals surface area contributed by atoms with E-state index in [9.17, 15) is 14.4 Å². The summed E-state index contributed by atoms with van der Waals surface area (Å²) < 4.78 is 15.3. The van der Waals surface area contributed by atoms with Crippen LogP contribution in [0.3, 0.4) is 0 Å². The molecule has 1 unspecified atom stereocenters. The van der Waals surface area contributed by atoms with Crippen molar-refractivity contribution in [2.45, 2.75) is 160 Å². The van der Waals surface area contributed by atoms with Crippen LogP contribution in [0.15, 0.2) is 12.2 Å². The molecule has 42 heavy (non-hydrogen) atoms. The zero-order chi connectivity index (χ0) is 31.1. The first-order valence-electron chi connectivity index (χ1n) is 17.0. The number of allylic oxidation sites excluding steroid dienone is 2. The van der Waals surface area contributed by atoms with Gasteiger partial charge >= 0.3 is 17.9 Å². The van der Waals surface area contributed by atoms with Gasteiger partial charge in [0.05, 0.1) is 14.2 Å². The van der Waals surface area contributed by atoms with E-state index in [1.807, 2.05) is 14.1 Å². The Morgan fingerprint density at radius 3 is 1.33 bits per heavy atom. The van der Waals surface area contributed by atoms with Gasteiger partial charge in [-0.05, 0) is 91.3 Å². The number of hydrogen-bond acceptors (Lipinski definition) is 7. The Bertz CT molecular complexity index is 678. The van der Waals surface area contributed by atoms with Crippen molar-refractivity contribution >= 4 is 17.9 Å². The van der Waals surface area contributed by atoms with Gasteiger partial charge in [0, 0.05) is 19.3 Å². The van der Waals surface area contributed by atoms with Crippen LogP contribution in [0, 0.1) is 0 Å². The quantitative estimate of drug-likeness (QED) is 0.0355. The SMILES string of the molecule is COC(=O)CCCCCCC/C=C\CCCCCCCCC(CCCCCCCC(=O)OC)OC(=O)CCCN(C)C. The Labute approximate surface area is 258 Å². The van der Waals surface area contributed by atoms with Crippen molar-refractivity contribution < 1.29 is 28.6 Å². The summed E-state index contributed by atoms with van der Waals surface area (Å²) >= 11 is 0. The summed E-state index contributed by atoms with van der Waals surface area (Å²) in [5.41, 5.74) is 0. The van der Waals surface area contributed by atoms with Crippen molar-refractivity contribution in [2.24, 2.45) is 0 Å². The van der Waals surface area contributed by atoms with Crippen LogP contribution in [-0.4, -0.2) is 63.8 Å². The number of hydrogen-bond donors (Lipinski definition) is 0. The van der Waals surface area contributed by atoms with Gasteiger partial charge in [0.1, 0.15) is 6.10 Å². The Kier molecular flexibility index (Phi) is 29.2. The average molecular weight is 596 g/mol. The molecule has 0 aromatic carbocycles. The highest BCUT2D eigenvalue weighted by Gasteiger charge is 2.14. The predicted octanol–water partition coefficient (Wildman–Crippen LogP) is 8.72. The first kappa shape index (κ1) is 40.1. The molecule has 0 saturated heterocycles. The third-order valence-electron chi connectivity index (χ3n) is 7.71. The van der Waals surface area contributed by atoms with E-state index < -0.39 is 0 Å². The Balaban J connectivity index is 3.92. The highest BCUT2D eigenvalue weighted by Crippen LogP contribution is 2.18. The molecule has 0 aliphatic heterocycles. The van der Waals surface area contributed by atoms with Crippen LogP contribution in [0.25, 0.3) is 0 Å². The van der Waals surface area contributed by atoms with Crippen molar-refractivity contribution in [2.75, 3.05) is 34.9 Å². The topological polar surface area (TPSA) is 82.1 Å². The second kappa shape index (κ2) is 30.6. The molecule has 0 aliphatic carbocycles. The average Bonchev–Trinajstić information content (AvgIpc) is 2.97. The zero-order valence-corrected chi connectivity index (χ0v) is 27.8. The summed E-state index contributed by atoms with van der Waals surface area (Å²) in [5.74, 6) is -0.277. The first-order valence-corrected chi connectivity index (χ1v) is 17.0. The fraction of sp³-hybridized carbons (Fsp3) is 0.857. The number of nitrogens with zero attached hydrogens (tertiary/aromatic N) is 1. The van der Waals surface area contributed by atoms with Crippen LogP contribution < -0.4 is 0 Å². The lowest BCUT2D eigenvalue weighted by atomic mass is 10.0. The molecule has 0 N–H and O–H groups in total. The molecular weight excluding hydrogens is 530 g/mol. The van der Waals surface area contributed by atoms with E-state index in [1.165, 1.54) is 72.0 Å². The molecule has 7 heteroatoms. The van der Waals surface area contributed by atoms with Gasteiger partial charge < -0.3 is 19.1 Å². The maximum atomic E-state index is 12.4. The summed E-state index contributed by atoms with van der Waals surface area (Å²) in [4.78, 5) is 36.8. The van der Waals surface area contributed by atoms with Crippen LogP contribution in [0.4, 0.5) is 0 Å². The molecule has 0 bridgehead atoms. The fourth-order valence-corrected chi connectivity index (χ4v) is 5.06. The van der Waals surface area contributed by atoms with Gasteiger partial charge in [-0.25, -0.2) is 0 Å². The van der Waals surface area contributed by atoms with E-state index in [0.29, 0.717) is 19.3 Å². The largest absolute Gasteiger partial charge is 0.469 e. The van der Waals surface area contributed by atoms with Crippen molar-refractivity contribution in [1.82, 2.24) is 4.90 Å². The molecule has 0 spiro atoms. The normalized spacial score (nSPS) is 12.1. The Morgan fingerprint density at radius 2 is 0.905 bits per heavy atom. The van der Waals surface area contributed by atoms with E-state index in [-0.39, 0.29) is 24.0 Å². The van der Waals surface area contributed by atoms with Gasteiger partial charge in [-0.2, -0.15) is 0 Å². The molecule has 0 amide bonds. The lowest BCUT2D eigenvalue weighted by molar-refractivity contribution is -0.150. The minimum absolute atomic E-state index is 0.0388. The van der Waals surface area contributed by atoms with Gasteiger partial charge in [-0.1, -0.05) is 76.4 Å². The standard InChI is InChI=1S/C35H65NO6/c1-36(2)31-25-30-35(39)42-32(27-22-18-16-20-24-29-34(38)41-4)26-21-17-14-12-10-8-6-5-7-9-11-13-15-19-23-28-33(37)40-3/h5,7,32H,6,8-31H2,1-4H3/b7-5-. The van der Waals surface area contributed by atoms with Crippen molar-refractivity contribution in [3.8, 4) is 0 Å². The van der Waals surface area contributed by atoms with Gasteiger partial charge in [0.2, 0.25) is 0 Å². The van der Waals surface area contributed by atoms with E-state index >= 15 is 0 Å². The minimum atomic E-state index is -0.128. The summed E-state index contributed by atoms with van der Waals surface area (Å²) in [6.07, 6.45) is 29.7. The number of rotatable bonds is 30. The maximum absolute atomic E-state index is 12.4. The number of ether oxygens (including phenoxy) is 3. The fourth-order valence-electron chi connectivity index (χ4n) is 5.06. The van der Waals surface area contributed by atoms with Crippen molar-refractivity contribution in [1.29, 1.82) is 0 Å². The molecule has 0 aromatic rings. The minimum Gasteiger partial charge on any atom is -0.469 e. The first-order chi connectivity index (χ1) is 20.4. The molecule has 0 aliphatic rings. The zero-order valence-electron chi connectivity index (χ0n) is 27.8. The van der Waals surface area contributed by atoms with E-state index in [2.05, 4.69) is 21.8 Å². The predicted molar refractivity (Wildman–Crippen MR) is 172 cm³/mol. The molecule has 0 radical (unpaired) electrons. The lowest BCUT2D eigenvalue weighted by Gasteiger charge is -2.18.